The number of nitrogens with one attached hydrogen (secondary N) is 2. The number of H-pyrrole nitrogens is 1. The van der Waals surface area contributed by atoms with E-state index in [0.29, 0.717) is 12.0 Å². The lowest BCUT2D eigenvalue weighted by molar-refractivity contribution is 0.373. The van der Waals surface area contributed by atoms with E-state index < -0.39 is 0 Å². The summed E-state index contributed by atoms with van der Waals surface area (Å²) in [5.74, 6) is 0.676. The van der Waals surface area contributed by atoms with Gasteiger partial charge in [0.25, 0.3) is 0 Å². The molecule has 0 radical (unpaired) electrons. The first-order chi connectivity index (χ1) is 8.33. The van der Waals surface area contributed by atoms with E-state index in [9.17, 15) is 0 Å². The van der Waals surface area contributed by atoms with Crippen molar-refractivity contribution < 1.29 is 0 Å². The lowest BCUT2D eigenvalue weighted by Crippen LogP contribution is -2.34. The quantitative estimate of drug-likeness (QED) is 0.908. The van der Waals surface area contributed by atoms with Crippen molar-refractivity contribution in [3.05, 3.63) is 46.7 Å². The van der Waals surface area contributed by atoms with Gasteiger partial charge in [-0.2, -0.15) is 5.10 Å². The summed E-state index contributed by atoms with van der Waals surface area (Å²) in [6, 6.07) is 9.07. The van der Waals surface area contributed by atoms with E-state index in [-0.39, 0.29) is 0 Å². The molecule has 2 aromatic rings. The van der Waals surface area contributed by atoms with Crippen LogP contribution in [0.1, 0.15) is 24.3 Å². The number of aromatic amines is 1. The molecule has 1 saturated carbocycles. The van der Waals surface area contributed by atoms with Crippen LogP contribution >= 0.6 is 15.9 Å². The highest BCUT2D eigenvalue weighted by atomic mass is 79.9. The number of anilines is 1. The molecule has 4 heteroatoms. The van der Waals surface area contributed by atoms with Crippen LogP contribution < -0.4 is 5.32 Å². The van der Waals surface area contributed by atoms with Gasteiger partial charge in [0.2, 0.25) is 0 Å². The number of aromatic nitrogens is 2. The summed E-state index contributed by atoms with van der Waals surface area (Å²) in [5.41, 5.74) is 2.51. The average Bonchev–Trinajstić information content (AvgIpc) is 2.77. The average molecular weight is 292 g/mol. The highest BCUT2D eigenvalue weighted by Gasteiger charge is 2.31. The lowest BCUT2D eigenvalue weighted by Gasteiger charge is -2.37. The van der Waals surface area contributed by atoms with Crippen molar-refractivity contribution in [3.8, 4) is 0 Å². The summed E-state index contributed by atoms with van der Waals surface area (Å²) in [6.07, 6.45) is 6.10. The van der Waals surface area contributed by atoms with Crippen LogP contribution in [-0.4, -0.2) is 16.2 Å². The minimum Gasteiger partial charge on any atom is -0.380 e. The molecule has 0 amide bonds. The van der Waals surface area contributed by atoms with Crippen molar-refractivity contribution in [3.63, 3.8) is 0 Å². The van der Waals surface area contributed by atoms with Crippen molar-refractivity contribution in [1.29, 1.82) is 0 Å². The van der Waals surface area contributed by atoms with E-state index in [1.807, 2.05) is 12.4 Å². The molecule has 0 saturated heterocycles. The zero-order valence-corrected chi connectivity index (χ0v) is 10.9. The number of nitrogens with zero attached hydrogens (tertiary/aromatic N) is 1. The summed E-state index contributed by atoms with van der Waals surface area (Å²) in [6.45, 7) is 0. The van der Waals surface area contributed by atoms with Gasteiger partial charge in [0.1, 0.15) is 0 Å². The predicted molar refractivity (Wildman–Crippen MR) is 72.1 cm³/mol. The number of halogens is 1. The van der Waals surface area contributed by atoms with Gasteiger partial charge in [-0.1, -0.05) is 34.1 Å². The molecule has 0 aliphatic heterocycles. The van der Waals surface area contributed by atoms with E-state index >= 15 is 0 Å². The Kier molecular flexibility index (Phi) is 2.89. The number of hydrogen-bond donors (Lipinski definition) is 2. The molecule has 88 valence electrons. The first-order valence-electron chi connectivity index (χ1n) is 5.82. The van der Waals surface area contributed by atoms with E-state index in [2.05, 4.69) is 55.7 Å². The van der Waals surface area contributed by atoms with Crippen LogP contribution in [0.3, 0.4) is 0 Å². The van der Waals surface area contributed by atoms with Gasteiger partial charge in [-0.15, -0.1) is 0 Å². The van der Waals surface area contributed by atoms with Gasteiger partial charge in [0.15, 0.2) is 0 Å². The lowest BCUT2D eigenvalue weighted by atomic mass is 9.76. The molecule has 3 rings (SSSR count). The van der Waals surface area contributed by atoms with Crippen molar-refractivity contribution >= 4 is 21.6 Å². The van der Waals surface area contributed by atoms with E-state index in [4.69, 9.17) is 0 Å². The molecule has 1 heterocycles. The third kappa shape index (κ3) is 2.22. The molecular weight excluding hydrogens is 278 g/mol. The normalized spacial score (nSPS) is 23.1. The Hall–Kier alpha value is -1.29. The fourth-order valence-corrected chi connectivity index (χ4v) is 2.97. The van der Waals surface area contributed by atoms with Crippen LogP contribution in [0.25, 0.3) is 0 Å². The Balaban J connectivity index is 1.60. The van der Waals surface area contributed by atoms with Crippen LogP contribution in [0.5, 0.6) is 0 Å². The Morgan fingerprint density at radius 1 is 1.29 bits per heavy atom. The number of hydrogen-bond acceptors (Lipinski definition) is 2. The Bertz CT molecular complexity index is 489. The third-order valence-corrected chi connectivity index (χ3v) is 4.07. The van der Waals surface area contributed by atoms with Crippen LogP contribution in [0.4, 0.5) is 5.69 Å². The fraction of sp³-hybridized carbons (Fsp3) is 0.308. The molecule has 3 nitrogen and oxygen atoms in total. The Labute approximate surface area is 109 Å². The second-order valence-corrected chi connectivity index (χ2v) is 5.37. The SMILES string of the molecule is Brc1ccccc1C1CC(Nc2cn[nH]c2)C1. The highest BCUT2D eigenvalue weighted by Crippen LogP contribution is 2.41. The van der Waals surface area contributed by atoms with E-state index in [0.717, 1.165) is 5.69 Å². The van der Waals surface area contributed by atoms with E-state index in [1.54, 1.807) is 0 Å². The molecule has 1 aliphatic carbocycles. The highest BCUT2D eigenvalue weighted by molar-refractivity contribution is 9.10. The van der Waals surface area contributed by atoms with E-state index in [1.165, 1.54) is 22.9 Å². The predicted octanol–water partition coefficient (Wildman–Crippen LogP) is 3.53. The third-order valence-electron chi connectivity index (χ3n) is 3.35. The fourth-order valence-electron chi connectivity index (χ4n) is 2.36. The summed E-state index contributed by atoms with van der Waals surface area (Å²) in [7, 11) is 0. The Morgan fingerprint density at radius 2 is 2.12 bits per heavy atom. The molecule has 1 aromatic heterocycles. The second kappa shape index (κ2) is 4.53. The molecule has 1 aromatic carbocycles. The summed E-state index contributed by atoms with van der Waals surface area (Å²) >= 11 is 3.62. The smallest absolute Gasteiger partial charge is 0.0725 e. The maximum atomic E-state index is 3.93. The molecule has 0 bridgehead atoms. The van der Waals surface area contributed by atoms with Crippen molar-refractivity contribution in [2.75, 3.05) is 5.32 Å². The molecule has 1 aliphatic rings. The topological polar surface area (TPSA) is 40.7 Å². The first kappa shape index (κ1) is 10.8. The molecule has 0 unspecified atom stereocenters. The summed E-state index contributed by atoms with van der Waals surface area (Å²) < 4.78 is 1.23. The maximum absolute atomic E-state index is 3.93. The summed E-state index contributed by atoms with van der Waals surface area (Å²) in [5, 5.41) is 10.2. The standard InChI is InChI=1S/C13H14BrN3/c14-13-4-2-1-3-12(13)9-5-10(6-9)17-11-7-15-16-8-11/h1-4,7-10,17H,5-6H2,(H,15,16). The van der Waals surface area contributed by atoms with Gasteiger partial charge >= 0.3 is 0 Å². The van der Waals surface area contributed by atoms with Crippen LogP contribution in [0, 0.1) is 0 Å². The Morgan fingerprint density at radius 3 is 2.82 bits per heavy atom. The number of rotatable bonds is 3. The molecular formula is C13H14BrN3. The molecule has 2 N–H and O–H groups in total. The van der Waals surface area contributed by atoms with Crippen molar-refractivity contribution in [2.45, 2.75) is 24.8 Å². The van der Waals surface area contributed by atoms with Crippen molar-refractivity contribution in [2.24, 2.45) is 0 Å². The van der Waals surface area contributed by atoms with Gasteiger partial charge in [0.05, 0.1) is 11.9 Å². The number of benzene rings is 1. The largest absolute Gasteiger partial charge is 0.380 e. The minimum atomic E-state index is 0.574. The second-order valence-electron chi connectivity index (χ2n) is 4.52. The zero-order valence-electron chi connectivity index (χ0n) is 9.36. The van der Waals surface area contributed by atoms with Crippen LogP contribution in [0.2, 0.25) is 0 Å². The maximum Gasteiger partial charge on any atom is 0.0725 e. The minimum absolute atomic E-state index is 0.574. The van der Waals surface area contributed by atoms with Gasteiger partial charge in [0, 0.05) is 16.7 Å². The van der Waals surface area contributed by atoms with Crippen LogP contribution in [0.15, 0.2) is 41.1 Å². The van der Waals surface area contributed by atoms with Gasteiger partial charge in [-0.3, -0.25) is 5.10 Å². The zero-order chi connectivity index (χ0) is 11.7. The molecule has 0 atom stereocenters. The van der Waals surface area contributed by atoms with Crippen LogP contribution in [-0.2, 0) is 0 Å². The van der Waals surface area contributed by atoms with Gasteiger partial charge in [-0.05, 0) is 30.4 Å². The summed E-state index contributed by atoms with van der Waals surface area (Å²) in [4.78, 5) is 0. The molecule has 17 heavy (non-hydrogen) atoms. The molecule has 0 spiro atoms. The molecule has 1 fully saturated rings. The van der Waals surface area contributed by atoms with Crippen molar-refractivity contribution in [1.82, 2.24) is 10.2 Å². The monoisotopic (exact) mass is 291 g/mol. The first-order valence-corrected chi connectivity index (χ1v) is 6.62. The van der Waals surface area contributed by atoms with Gasteiger partial charge < -0.3 is 5.32 Å². The van der Waals surface area contributed by atoms with Gasteiger partial charge in [-0.25, -0.2) is 0 Å².